The fourth-order valence-corrected chi connectivity index (χ4v) is 1.73. The second kappa shape index (κ2) is 3.58. The van der Waals surface area contributed by atoms with Gasteiger partial charge in [-0.25, -0.2) is 4.98 Å². The van der Waals surface area contributed by atoms with Gasteiger partial charge in [-0.05, 0) is 30.4 Å². The number of hydrogen-bond donors (Lipinski definition) is 1. The highest BCUT2D eigenvalue weighted by Gasteiger charge is 2.37. The first-order valence-electron chi connectivity index (χ1n) is 4.53. The molecule has 14 heavy (non-hydrogen) atoms. The Kier molecular flexibility index (Phi) is 2.42. The summed E-state index contributed by atoms with van der Waals surface area (Å²) in [6.07, 6.45) is 3.55. The Morgan fingerprint density at radius 1 is 1.57 bits per heavy atom. The predicted octanol–water partition coefficient (Wildman–Crippen LogP) is 2.31. The maximum absolute atomic E-state index is 11.0. The van der Waals surface area contributed by atoms with Gasteiger partial charge in [-0.15, -0.1) is 0 Å². The molecule has 0 amide bonds. The fraction of sp³-hybridized carbons (Fsp3) is 0.400. The minimum atomic E-state index is -0.767. The summed E-state index contributed by atoms with van der Waals surface area (Å²) in [4.78, 5) is 14.9. The lowest BCUT2D eigenvalue weighted by molar-refractivity contribution is -0.139. The number of aliphatic carboxylic acids is 1. The van der Waals surface area contributed by atoms with Crippen molar-refractivity contribution < 1.29 is 9.90 Å². The molecule has 0 bridgehead atoms. The highest BCUT2D eigenvalue weighted by atomic mass is 35.5. The normalized spacial score (nSPS) is 17.8. The smallest absolute Gasteiger partial charge is 0.311 e. The van der Waals surface area contributed by atoms with Crippen molar-refractivity contribution in [3.05, 3.63) is 29.0 Å². The third-order valence-corrected chi connectivity index (χ3v) is 2.69. The third kappa shape index (κ3) is 1.87. The average molecular weight is 212 g/mol. The monoisotopic (exact) mass is 211 g/mol. The molecular weight excluding hydrogens is 202 g/mol. The fourth-order valence-electron chi connectivity index (χ4n) is 1.62. The lowest BCUT2D eigenvalue weighted by Gasteiger charge is -2.10. The van der Waals surface area contributed by atoms with E-state index in [0.717, 1.165) is 18.4 Å². The highest BCUT2D eigenvalue weighted by Crippen LogP contribution is 2.42. The van der Waals surface area contributed by atoms with Crippen LogP contribution < -0.4 is 0 Å². The van der Waals surface area contributed by atoms with Crippen molar-refractivity contribution in [1.82, 2.24) is 4.98 Å². The van der Waals surface area contributed by atoms with Crippen LogP contribution in [0.15, 0.2) is 18.3 Å². The molecule has 0 radical (unpaired) electrons. The number of carboxylic acid groups (broad SMARTS) is 1. The summed E-state index contributed by atoms with van der Waals surface area (Å²) < 4.78 is 0. The molecule has 0 saturated heterocycles. The molecule has 1 unspecified atom stereocenters. The molecule has 0 aliphatic heterocycles. The number of rotatable bonds is 3. The molecule has 1 aliphatic carbocycles. The maximum Gasteiger partial charge on any atom is 0.311 e. The Bertz CT molecular complexity index is 346. The molecule has 1 saturated carbocycles. The molecule has 0 aromatic carbocycles. The number of carboxylic acids is 1. The van der Waals surface area contributed by atoms with E-state index in [4.69, 9.17) is 16.7 Å². The molecule has 1 N–H and O–H groups in total. The summed E-state index contributed by atoms with van der Waals surface area (Å²) >= 11 is 5.63. The second-order valence-corrected chi connectivity index (χ2v) is 3.95. The first-order chi connectivity index (χ1) is 6.68. The molecule has 1 fully saturated rings. The molecule has 1 aromatic rings. The first kappa shape index (κ1) is 9.46. The maximum atomic E-state index is 11.0. The second-order valence-electron chi connectivity index (χ2n) is 3.57. The lowest BCUT2D eigenvalue weighted by Crippen LogP contribution is -2.13. The summed E-state index contributed by atoms with van der Waals surface area (Å²) in [6, 6.07) is 3.38. The van der Waals surface area contributed by atoms with Gasteiger partial charge in [0.15, 0.2) is 0 Å². The summed E-state index contributed by atoms with van der Waals surface area (Å²) in [5, 5.41) is 9.44. The molecule has 3 nitrogen and oxygen atoms in total. The van der Waals surface area contributed by atoms with E-state index in [-0.39, 0.29) is 5.92 Å². The quantitative estimate of drug-likeness (QED) is 0.781. The van der Waals surface area contributed by atoms with Gasteiger partial charge in [0.05, 0.1) is 5.92 Å². The predicted molar refractivity (Wildman–Crippen MR) is 52.3 cm³/mol. The van der Waals surface area contributed by atoms with Crippen LogP contribution in [0.4, 0.5) is 0 Å². The number of pyridine rings is 1. The summed E-state index contributed by atoms with van der Waals surface area (Å²) in [5.41, 5.74) is 0.754. The van der Waals surface area contributed by atoms with Gasteiger partial charge in [-0.2, -0.15) is 0 Å². The van der Waals surface area contributed by atoms with Crippen LogP contribution in [0.5, 0.6) is 0 Å². The summed E-state index contributed by atoms with van der Waals surface area (Å²) in [5.74, 6) is -0.883. The van der Waals surface area contributed by atoms with Gasteiger partial charge in [0.25, 0.3) is 0 Å². The molecule has 2 rings (SSSR count). The van der Waals surface area contributed by atoms with Gasteiger partial charge in [0.2, 0.25) is 0 Å². The van der Waals surface area contributed by atoms with Crippen molar-refractivity contribution in [3.8, 4) is 0 Å². The molecule has 1 aliphatic rings. The molecule has 1 aromatic heterocycles. The van der Waals surface area contributed by atoms with Gasteiger partial charge in [0, 0.05) is 6.20 Å². The van der Waals surface area contributed by atoms with Crippen molar-refractivity contribution in [3.63, 3.8) is 0 Å². The van der Waals surface area contributed by atoms with Crippen LogP contribution in [0.1, 0.15) is 24.3 Å². The first-order valence-corrected chi connectivity index (χ1v) is 4.90. The van der Waals surface area contributed by atoms with Crippen LogP contribution in [0.2, 0.25) is 5.15 Å². The standard InChI is InChI=1S/C10H10ClNO2/c11-8-4-3-7(5-12-8)9(10(13)14)6-1-2-6/h3-6,9H,1-2H2,(H,13,14). The van der Waals surface area contributed by atoms with Crippen LogP contribution in [-0.4, -0.2) is 16.1 Å². The Balaban J connectivity index is 2.26. The van der Waals surface area contributed by atoms with Gasteiger partial charge in [-0.1, -0.05) is 17.7 Å². The van der Waals surface area contributed by atoms with Crippen molar-refractivity contribution in [2.75, 3.05) is 0 Å². The van der Waals surface area contributed by atoms with Crippen LogP contribution in [0.3, 0.4) is 0 Å². The van der Waals surface area contributed by atoms with Crippen molar-refractivity contribution in [2.45, 2.75) is 18.8 Å². The van der Waals surface area contributed by atoms with Gasteiger partial charge >= 0.3 is 5.97 Å². The molecule has 1 atom stereocenters. The van der Waals surface area contributed by atoms with Gasteiger partial charge in [0.1, 0.15) is 5.15 Å². The zero-order chi connectivity index (χ0) is 10.1. The van der Waals surface area contributed by atoms with Gasteiger partial charge < -0.3 is 5.11 Å². The average Bonchev–Trinajstić information content (AvgIpc) is 2.92. The van der Waals surface area contributed by atoms with E-state index in [0.29, 0.717) is 5.15 Å². The van der Waals surface area contributed by atoms with Crippen LogP contribution in [0.25, 0.3) is 0 Å². The summed E-state index contributed by atoms with van der Waals surface area (Å²) in [7, 11) is 0. The summed E-state index contributed by atoms with van der Waals surface area (Å²) in [6.45, 7) is 0. The molecule has 4 heteroatoms. The van der Waals surface area contributed by atoms with E-state index >= 15 is 0 Å². The van der Waals surface area contributed by atoms with Gasteiger partial charge in [-0.3, -0.25) is 4.79 Å². The van der Waals surface area contributed by atoms with E-state index in [1.54, 1.807) is 18.3 Å². The van der Waals surface area contributed by atoms with Crippen molar-refractivity contribution in [2.24, 2.45) is 5.92 Å². The molecule has 1 heterocycles. The Hall–Kier alpha value is -1.09. The Morgan fingerprint density at radius 3 is 2.71 bits per heavy atom. The molecule has 0 spiro atoms. The van der Waals surface area contributed by atoms with E-state index in [1.807, 2.05) is 0 Å². The van der Waals surface area contributed by atoms with E-state index in [1.165, 1.54) is 0 Å². The zero-order valence-electron chi connectivity index (χ0n) is 7.48. The van der Waals surface area contributed by atoms with Crippen LogP contribution in [-0.2, 0) is 4.79 Å². The van der Waals surface area contributed by atoms with E-state index in [2.05, 4.69) is 4.98 Å². The number of aromatic nitrogens is 1. The minimum absolute atomic E-state index is 0.287. The lowest BCUT2D eigenvalue weighted by atomic mass is 9.96. The van der Waals surface area contributed by atoms with Crippen LogP contribution >= 0.6 is 11.6 Å². The number of hydrogen-bond acceptors (Lipinski definition) is 2. The van der Waals surface area contributed by atoms with Crippen LogP contribution in [0, 0.1) is 5.92 Å². The minimum Gasteiger partial charge on any atom is -0.481 e. The largest absolute Gasteiger partial charge is 0.481 e. The Morgan fingerprint density at radius 2 is 2.29 bits per heavy atom. The Labute approximate surface area is 86.7 Å². The molecular formula is C10H10ClNO2. The topological polar surface area (TPSA) is 50.2 Å². The SMILES string of the molecule is O=C(O)C(c1ccc(Cl)nc1)C1CC1. The number of nitrogens with zero attached hydrogens (tertiary/aromatic N) is 1. The van der Waals surface area contributed by atoms with E-state index < -0.39 is 11.9 Å². The van der Waals surface area contributed by atoms with Crippen molar-refractivity contribution >= 4 is 17.6 Å². The number of halogens is 1. The highest BCUT2D eigenvalue weighted by molar-refractivity contribution is 6.29. The van der Waals surface area contributed by atoms with E-state index in [9.17, 15) is 4.79 Å². The molecule has 74 valence electrons. The third-order valence-electron chi connectivity index (χ3n) is 2.47. The van der Waals surface area contributed by atoms with Crippen molar-refractivity contribution in [1.29, 1.82) is 0 Å². The number of carbonyl (C=O) groups is 1. The zero-order valence-corrected chi connectivity index (χ0v) is 8.24.